The first kappa shape index (κ1) is 14.5. The molecule has 22 heavy (non-hydrogen) atoms. The summed E-state index contributed by atoms with van der Waals surface area (Å²) in [5.41, 5.74) is 1.95. The van der Waals surface area contributed by atoms with Gasteiger partial charge in [-0.15, -0.1) is 0 Å². The van der Waals surface area contributed by atoms with E-state index in [1.54, 1.807) is 19.5 Å². The van der Waals surface area contributed by atoms with Crippen molar-refractivity contribution in [1.82, 2.24) is 19.7 Å². The second-order valence-electron chi connectivity index (χ2n) is 4.99. The average Bonchev–Trinajstić information content (AvgIpc) is 2.90. The van der Waals surface area contributed by atoms with Gasteiger partial charge in [0.2, 0.25) is 0 Å². The van der Waals surface area contributed by atoms with Gasteiger partial charge in [0.15, 0.2) is 5.65 Å². The molecule has 1 aromatic carbocycles. The first-order valence-electron chi connectivity index (χ1n) is 7.12. The van der Waals surface area contributed by atoms with Gasteiger partial charge in [0.05, 0.1) is 24.7 Å². The highest BCUT2D eigenvalue weighted by atomic mass is 16.5. The van der Waals surface area contributed by atoms with E-state index in [4.69, 9.17) is 9.47 Å². The molecule has 6 nitrogen and oxygen atoms in total. The number of methoxy groups -OCH3 is 1. The molecule has 0 spiro atoms. The maximum absolute atomic E-state index is 5.63. The van der Waals surface area contributed by atoms with Gasteiger partial charge in [-0.1, -0.05) is 12.1 Å². The Balaban J connectivity index is 1.79. The van der Waals surface area contributed by atoms with E-state index >= 15 is 0 Å². The molecule has 0 aliphatic carbocycles. The normalized spacial score (nSPS) is 11.0. The zero-order chi connectivity index (χ0) is 15.4. The number of ether oxygens (including phenoxy) is 2. The molecule has 2 heterocycles. The Morgan fingerprint density at radius 1 is 1.18 bits per heavy atom. The van der Waals surface area contributed by atoms with Crippen molar-refractivity contribution >= 4 is 11.0 Å². The van der Waals surface area contributed by atoms with Crippen LogP contribution in [0.4, 0.5) is 0 Å². The van der Waals surface area contributed by atoms with Crippen LogP contribution in [0.2, 0.25) is 0 Å². The summed E-state index contributed by atoms with van der Waals surface area (Å²) in [6.45, 7) is 3.63. The molecule has 0 bridgehead atoms. The number of rotatable bonds is 6. The molecule has 3 rings (SSSR count). The third kappa shape index (κ3) is 3.23. The van der Waals surface area contributed by atoms with Gasteiger partial charge in [-0.25, -0.2) is 14.6 Å². The van der Waals surface area contributed by atoms with Crippen molar-refractivity contribution in [3.63, 3.8) is 0 Å². The second kappa shape index (κ2) is 6.53. The minimum Gasteiger partial charge on any atom is -0.491 e. The zero-order valence-electron chi connectivity index (χ0n) is 12.7. The highest BCUT2D eigenvalue weighted by Gasteiger charge is 2.06. The van der Waals surface area contributed by atoms with Crippen molar-refractivity contribution in [3.8, 4) is 5.75 Å². The van der Waals surface area contributed by atoms with Crippen LogP contribution in [-0.4, -0.2) is 40.1 Å². The topological polar surface area (TPSA) is 62.1 Å². The minimum atomic E-state index is 0.539. The van der Waals surface area contributed by atoms with Gasteiger partial charge < -0.3 is 9.47 Å². The molecule has 0 radical (unpaired) electrons. The number of aromatic nitrogens is 4. The summed E-state index contributed by atoms with van der Waals surface area (Å²) in [4.78, 5) is 8.64. The summed E-state index contributed by atoms with van der Waals surface area (Å²) >= 11 is 0. The van der Waals surface area contributed by atoms with E-state index in [0.29, 0.717) is 19.8 Å². The predicted molar refractivity (Wildman–Crippen MR) is 83.0 cm³/mol. The monoisotopic (exact) mass is 298 g/mol. The Morgan fingerprint density at radius 2 is 2.09 bits per heavy atom. The summed E-state index contributed by atoms with van der Waals surface area (Å²) in [5.74, 6) is 1.57. The summed E-state index contributed by atoms with van der Waals surface area (Å²) in [7, 11) is 1.66. The Labute approximate surface area is 128 Å². The largest absolute Gasteiger partial charge is 0.491 e. The first-order chi connectivity index (χ1) is 10.8. The van der Waals surface area contributed by atoms with Gasteiger partial charge in [-0.05, 0) is 24.6 Å². The fourth-order valence-corrected chi connectivity index (χ4v) is 2.22. The molecule has 2 aromatic heterocycles. The summed E-state index contributed by atoms with van der Waals surface area (Å²) in [6.07, 6.45) is 3.58. The third-order valence-corrected chi connectivity index (χ3v) is 3.28. The maximum Gasteiger partial charge on any atom is 0.161 e. The number of hydrogen-bond donors (Lipinski definition) is 0. The molecule has 0 fully saturated rings. The van der Waals surface area contributed by atoms with Crippen LogP contribution in [-0.2, 0) is 11.3 Å². The lowest BCUT2D eigenvalue weighted by Crippen LogP contribution is -2.06. The highest BCUT2D eigenvalue weighted by molar-refractivity contribution is 5.73. The van der Waals surface area contributed by atoms with Gasteiger partial charge in [-0.3, -0.25) is 0 Å². The van der Waals surface area contributed by atoms with Gasteiger partial charge in [0.25, 0.3) is 0 Å². The maximum atomic E-state index is 5.63. The Hall–Kier alpha value is -2.47. The lowest BCUT2D eigenvalue weighted by Gasteiger charge is -2.08. The van der Waals surface area contributed by atoms with Crippen LogP contribution in [0.1, 0.15) is 11.4 Å². The molecule has 114 valence electrons. The molecular weight excluding hydrogens is 280 g/mol. The van der Waals surface area contributed by atoms with Crippen LogP contribution < -0.4 is 4.74 Å². The fourth-order valence-electron chi connectivity index (χ4n) is 2.22. The molecule has 0 N–H and O–H groups in total. The lowest BCUT2D eigenvalue weighted by molar-refractivity contribution is 0.146. The Morgan fingerprint density at radius 3 is 2.95 bits per heavy atom. The van der Waals surface area contributed by atoms with Crippen molar-refractivity contribution in [3.05, 3.63) is 48.0 Å². The van der Waals surface area contributed by atoms with E-state index in [-0.39, 0.29) is 0 Å². The molecule has 0 saturated carbocycles. The van der Waals surface area contributed by atoms with E-state index in [1.807, 2.05) is 35.9 Å². The van der Waals surface area contributed by atoms with Crippen molar-refractivity contribution in [1.29, 1.82) is 0 Å². The van der Waals surface area contributed by atoms with Crippen LogP contribution in [0.15, 0.2) is 36.7 Å². The minimum absolute atomic E-state index is 0.539. The second-order valence-corrected chi connectivity index (χ2v) is 4.99. The van der Waals surface area contributed by atoms with Gasteiger partial charge >= 0.3 is 0 Å². The Kier molecular flexibility index (Phi) is 4.29. The van der Waals surface area contributed by atoms with Crippen molar-refractivity contribution < 1.29 is 9.47 Å². The zero-order valence-corrected chi connectivity index (χ0v) is 12.7. The molecule has 0 amide bonds. The highest BCUT2D eigenvalue weighted by Crippen LogP contribution is 2.16. The number of fused-ring (bicyclic) bond motifs is 1. The molecule has 0 saturated heterocycles. The number of benzene rings is 1. The third-order valence-electron chi connectivity index (χ3n) is 3.28. The standard InChI is InChI=1S/C16H18N4O2/c1-12-17-9-14-10-18-20(16(14)19-12)11-13-4-3-5-15(8-13)22-7-6-21-2/h3-5,8-10H,6-7,11H2,1-2H3. The van der Waals surface area contributed by atoms with Crippen LogP contribution in [0.3, 0.4) is 0 Å². The van der Waals surface area contributed by atoms with E-state index in [1.165, 1.54) is 0 Å². The molecule has 6 heteroatoms. The number of aryl methyl sites for hydroxylation is 1. The molecule has 0 unspecified atom stereocenters. The van der Waals surface area contributed by atoms with E-state index < -0.39 is 0 Å². The summed E-state index contributed by atoms with van der Waals surface area (Å²) in [5, 5.41) is 5.33. The van der Waals surface area contributed by atoms with Crippen molar-refractivity contribution in [2.45, 2.75) is 13.5 Å². The van der Waals surface area contributed by atoms with Gasteiger partial charge in [0, 0.05) is 13.3 Å². The molecular formula is C16H18N4O2. The molecule has 0 aliphatic rings. The van der Waals surface area contributed by atoms with Crippen molar-refractivity contribution in [2.75, 3.05) is 20.3 Å². The number of nitrogens with zero attached hydrogens (tertiary/aromatic N) is 4. The SMILES string of the molecule is COCCOc1cccc(Cn2ncc3cnc(C)nc32)c1. The molecule has 0 atom stereocenters. The molecule has 0 aliphatic heterocycles. The van der Waals surface area contributed by atoms with E-state index in [9.17, 15) is 0 Å². The predicted octanol–water partition coefficient (Wildman–Crippen LogP) is 2.21. The fraction of sp³-hybridized carbons (Fsp3) is 0.312. The van der Waals surface area contributed by atoms with Crippen molar-refractivity contribution in [2.24, 2.45) is 0 Å². The first-order valence-corrected chi connectivity index (χ1v) is 7.12. The smallest absolute Gasteiger partial charge is 0.161 e. The number of hydrogen-bond acceptors (Lipinski definition) is 5. The Bertz CT molecular complexity index is 770. The van der Waals surface area contributed by atoms with E-state index in [0.717, 1.165) is 28.2 Å². The van der Waals surface area contributed by atoms with Crippen LogP contribution in [0.25, 0.3) is 11.0 Å². The van der Waals surface area contributed by atoms with E-state index in [2.05, 4.69) is 15.1 Å². The summed E-state index contributed by atoms with van der Waals surface area (Å²) in [6, 6.07) is 7.97. The van der Waals surface area contributed by atoms with Crippen LogP contribution in [0, 0.1) is 6.92 Å². The average molecular weight is 298 g/mol. The quantitative estimate of drug-likeness (QED) is 0.653. The molecule has 3 aromatic rings. The summed E-state index contributed by atoms with van der Waals surface area (Å²) < 4.78 is 12.5. The lowest BCUT2D eigenvalue weighted by atomic mass is 10.2. The van der Waals surface area contributed by atoms with Gasteiger partial charge in [0.1, 0.15) is 18.2 Å². The van der Waals surface area contributed by atoms with Gasteiger partial charge in [-0.2, -0.15) is 5.10 Å². The van der Waals surface area contributed by atoms with Crippen LogP contribution >= 0.6 is 0 Å². The van der Waals surface area contributed by atoms with Crippen LogP contribution in [0.5, 0.6) is 5.75 Å².